The van der Waals surface area contributed by atoms with Gasteiger partial charge in [-0.15, -0.1) is 22.7 Å². The maximum Gasteiger partial charge on any atom is 0.180 e. The number of aromatic nitrogens is 2. The van der Waals surface area contributed by atoms with Crippen molar-refractivity contribution in [2.45, 2.75) is 27.2 Å². The van der Waals surface area contributed by atoms with Gasteiger partial charge in [-0.3, -0.25) is 4.79 Å². The van der Waals surface area contributed by atoms with E-state index in [1.54, 1.807) is 11.3 Å². The fourth-order valence-corrected chi connectivity index (χ4v) is 2.99. The van der Waals surface area contributed by atoms with Crippen LogP contribution in [0.2, 0.25) is 0 Å². The summed E-state index contributed by atoms with van der Waals surface area (Å²) in [5.41, 5.74) is 1.69. The normalized spacial score (nSPS) is 10.7. The standard InChI is InChI=1S/C11H12N2OS2/c1-6-11(16-8(3)12-6)10(14)4-9-5-15-7(2)13-9/h5H,4H2,1-3H3. The molecule has 84 valence electrons. The van der Waals surface area contributed by atoms with Crippen LogP contribution in [0.3, 0.4) is 0 Å². The number of rotatable bonds is 3. The van der Waals surface area contributed by atoms with Crippen LogP contribution in [0, 0.1) is 20.8 Å². The molecule has 5 heteroatoms. The van der Waals surface area contributed by atoms with Gasteiger partial charge in [-0.25, -0.2) is 9.97 Å². The summed E-state index contributed by atoms with van der Waals surface area (Å²) in [6, 6.07) is 0. The maximum atomic E-state index is 12.0. The van der Waals surface area contributed by atoms with E-state index in [9.17, 15) is 4.79 Å². The second-order valence-electron chi connectivity index (χ2n) is 3.61. The molecule has 0 aliphatic carbocycles. The Kier molecular flexibility index (Phi) is 3.16. The molecule has 0 radical (unpaired) electrons. The number of Topliss-reactive ketones (excluding diaryl/α,β-unsaturated/α-hetero) is 1. The lowest BCUT2D eigenvalue weighted by Gasteiger charge is -1.95. The molecule has 0 saturated carbocycles. The molecule has 0 fully saturated rings. The van der Waals surface area contributed by atoms with Crippen LogP contribution >= 0.6 is 22.7 Å². The van der Waals surface area contributed by atoms with Crippen LogP contribution in [0.15, 0.2) is 5.38 Å². The molecule has 0 N–H and O–H groups in total. The van der Waals surface area contributed by atoms with Crippen molar-refractivity contribution >= 4 is 28.5 Å². The smallest absolute Gasteiger partial charge is 0.180 e. The first kappa shape index (κ1) is 11.4. The predicted octanol–water partition coefficient (Wildman–Crippen LogP) is 2.95. The first-order chi connectivity index (χ1) is 7.56. The Bertz CT molecular complexity index is 528. The van der Waals surface area contributed by atoms with Crippen molar-refractivity contribution in [3.05, 3.63) is 31.7 Å². The van der Waals surface area contributed by atoms with Crippen LogP contribution in [0.1, 0.15) is 31.1 Å². The Labute approximate surface area is 102 Å². The zero-order valence-corrected chi connectivity index (χ0v) is 11.0. The third kappa shape index (κ3) is 2.36. The van der Waals surface area contributed by atoms with Gasteiger partial charge >= 0.3 is 0 Å². The Morgan fingerprint density at radius 1 is 1.25 bits per heavy atom. The predicted molar refractivity (Wildman–Crippen MR) is 66.5 cm³/mol. The molecule has 0 unspecified atom stereocenters. The van der Waals surface area contributed by atoms with Crippen LogP contribution in [-0.4, -0.2) is 15.8 Å². The highest BCUT2D eigenvalue weighted by molar-refractivity contribution is 7.13. The molecular weight excluding hydrogens is 240 g/mol. The number of ketones is 1. The third-order valence-electron chi connectivity index (χ3n) is 2.17. The summed E-state index contributed by atoms with van der Waals surface area (Å²) in [4.78, 5) is 21.3. The Balaban J connectivity index is 2.17. The topological polar surface area (TPSA) is 42.9 Å². The molecule has 0 aliphatic heterocycles. The highest BCUT2D eigenvalue weighted by Gasteiger charge is 2.15. The molecule has 2 rings (SSSR count). The van der Waals surface area contributed by atoms with Crippen LogP contribution in [0.4, 0.5) is 0 Å². The van der Waals surface area contributed by atoms with Gasteiger partial charge in [0.2, 0.25) is 0 Å². The van der Waals surface area contributed by atoms with Gasteiger partial charge in [0.05, 0.1) is 32.7 Å². The fourth-order valence-electron chi connectivity index (χ4n) is 1.52. The summed E-state index contributed by atoms with van der Waals surface area (Å²) in [7, 11) is 0. The monoisotopic (exact) mass is 252 g/mol. The summed E-state index contributed by atoms with van der Waals surface area (Å²) >= 11 is 3.04. The number of hydrogen-bond donors (Lipinski definition) is 0. The van der Waals surface area contributed by atoms with Crippen molar-refractivity contribution in [1.29, 1.82) is 0 Å². The van der Waals surface area contributed by atoms with Gasteiger partial charge in [-0.05, 0) is 20.8 Å². The molecular formula is C11H12N2OS2. The second-order valence-corrected chi connectivity index (χ2v) is 5.87. The minimum absolute atomic E-state index is 0.119. The van der Waals surface area contributed by atoms with Gasteiger partial charge in [-0.1, -0.05) is 0 Å². The van der Waals surface area contributed by atoms with Crippen LogP contribution in [-0.2, 0) is 6.42 Å². The van der Waals surface area contributed by atoms with Gasteiger partial charge in [0, 0.05) is 5.38 Å². The van der Waals surface area contributed by atoms with Crippen LogP contribution in [0.25, 0.3) is 0 Å². The fraction of sp³-hybridized carbons (Fsp3) is 0.364. The zero-order valence-electron chi connectivity index (χ0n) is 9.40. The van der Waals surface area contributed by atoms with Gasteiger partial charge in [-0.2, -0.15) is 0 Å². The molecule has 0 aliphatic rings. The number of carbonyl (C=O) groups excluding carboxylic acids is 1. The average molecular weight is 252 g/mol. The van der Waals surface area contributed by atoms with E-state index in [0.717, 1.165) is 26.3 Å². The summed E-state index contributed by atoms with van der Waals surface area (Å²) in [5, 5.41) is 3.88. The molecule has 0 aromatic carbocycles. The van der Waals surface area contributed by atoms with Gasteiger partial charge < -0.3 is 0 Å². The van der Waals surface area contributed by atoms with Crippen molar-refractivity contribution in [2.24, 2.45) is 0 Å². The maximum absolute atomic E-state index is 12.0. The van der Waals surface area contributed by atoms with Crippen molar-refractivity contribution in [3.8, 4) is 0 Å². The number of nitrogens with zero attached hydrogens (tertiary/aromatic N) is 2. The second kappa shape index (κ2) is 4.43. The van der Waals surface area contributed by atoms with E-state index in [1.165, 1.54) is 11.3 Å². The van der Waals surface area contributed by atoms with Gasteiger partial charge in [0.15, 0.2) is 5.78 Å². The molecule has 0 saturated heterocycles. The van der Waals surface area contributed by atoms with Crippen LogP contribution < -0.4 is 0 Å². The van der Waals surface area contributed by atoms with E-state index in [2.05, 4.69) is 9.97 Å². The molecule has 16 heavy (non-hydrogen) atoms. The number of aryl methyl sites for hydroxylation is 3. The molecule has 0 atom stereocenters. The number of hydrogen-bond acceptors (Lipinski definition) is 5. The van der Waals surface area contributed by atoms with Gasteiger partial charge in [0.1, 0.15) is 0 Å². The number of carbonyl (C=O) groups is 1. The number of thiazole rings is 2. The summed E-state index contributed by atoms with van der Waals surface area (Å²) < 4.78 is 0. The third-order valence-corrected chi connectivity index (χ3v) is 4.10. The van der Waals surface area contributed by atoms with Crippen molar-refractivity contribution in [2.75, 3.05) is 0 Å². The lowest BCUT2D eigenvalue weighted by molar-refractivity contribution is 0.0995. The van der Waals surface area contributed by atoms with E-state index < -0.39 is 0 Å². The quantitative estimate of drug-likeness (QED) is 0.789. The van der Waals surface area contributed by atoms with Crippen LogP contribution in [0.5, 0.6) is 0 Å². The van der Waals surface area contributed by atoms with E-state index in [-0.39, 0.29) is 5.78 Å². The lowest BCUT2D eigenvalue weighted by Crippen LogP contribution is -2.03. The lowest BCUT2D eigenvalue weighted by atomic mass is 10.2. The Morgan fingerprint density at radius 3 is 2.50 bits per heavy atom. The van der Waals surface area contributed by atoms with E-state index >= 15 is 0 Å². The first-order valence-electron chi connectivity index (χ1n) is 4.94. The molecule has 2 heterocycles. The molecule has 3 nitrogen and oxygen atoms in total. The Hall–Kier alpha value is -1.07. The molecule has 0 spiro atoms. The van der Waals surface area contributed by atoms with Crippen molar-refractivity contribution < 1.29 is 4.79 Å². The van der Waals surface area contributed by atoms with E-state index in [1.807, 2.05) is 26.2 Å². The minimum atomic E-state index is 0.119. The van der Waals surface area contributed by atoms with E-state index in [0.29, 0.717) is 6.42 Å². The highest BCUT2D eigenvalue weighted by Crippen LogP contribution is 2.20. The zero-order chi connectivity index (χ0) is 11.7. The molecule has 0 bridgehead atoms. The highest BCUT2D eigenvalue weighted by atomic mass is 32.1. The average Bonchev–Trinajstić information content (AvgIpc) is 2.73. The molecule has 2 aromatic rings. The first-order valence-corrected chi connectivity index (χ1v) is 6.64. The SMILES string of the molecule is Cc1nc(CC(=O)c2sc(C)nc2C)cs1. The molecule has 2 aromatic heterocycles. The van der Waals surface area contributed by atoms with Crippen molar-refractivity contribution in [1.82, 2.24) is 9.97 Å². The Morgan fingerprint density at radius 2 is 2.00 bits per heavy atom. The van der Waals surface area contributed by atoms with Gasteiger partial charge in [0.25, 0.3) is 0 Å². The molecule has 0 amide bonds. The van der Waals surface area contributed by atoms with Crippen molar-refractivity contribution in [3.63, 3.8) is 0 Å². The summed E-state index contributed by atoms with van der Waals surface area (Å²) in [6.45, 7) is 5.74. The minimum Gasteiger partial charge on any atom is -0.293 e. The van der Waals surface area contributed by atoms with E-state index in [4.69, 9.17) is 0 Å². The summed E-state index contributed by atoms with van der Waals surface area (Å²) in [5.74, 6) is 0.119. The largest absolute Gasteiger partial charge is 0.293 e. The summed E-state index contributed by atoms with van der Waals surface area (Å²) in [6.07, 6.45) is 0.382.